The summed E-state index contributed by atoms with van der Waals surface area (Å²) in [6.45, 7) is 9.27. The Balaban J connectivity index is 1.64. The monoisotopic (exact) mass is 502 g/mol. The van der Waals surface area contributed by atoms with E-state index in [1.165, 1.54) is 12.1 Å². The van der Waals surface area contributed by atoms with Gasteiger partial charge in [-0.1, -0.05) is 30.3 Å². The van der Waals surface area contributed by atoms with E-state index in [2.05, 4.69) is 15.7 Å². The number of benzene rings is 4. The van der Waals surface area contributed by atoms with Crippen LogP contribution in [-0.2, 0) is 6.42 Å². The zero-order chi connectivity index (χ0) is 26.5. The van der Waals surface area contributed by atoms with Crippen LogP contribution in [0.15, 0.2) is 60.7 Å². The average Bonchev–Trinajstić information content (AvgIpc) is 3.20. The lowest BCUT2D eigenvalue weighted by Gasteiger charge is -2.13. The number of halogens is 5. The van der Waals surface area contributed by atoms with Crippen molar-refractivity contribution in [3.8, 4) is 45.2 Å². The zero-order valence-corrected chi connectivity index (χ0v) is 19.2. The van der Waals surface area contributed by atoms with Crippen LogP contribution in [0.1, 0.15) is 22.3 Å². The second kappa shape index (κ2) is 8.76. The van der Waals surface area contributed by atoms with Crippen LogP contribution in [-0.4, -0.2) is 6.36 Å². The van der Waals surface area contributed by atoms with Crippen molar-refractivity contribution in [3.05, 3.63) is 106 Å². The minimum Gasteiger partial charge on any atom is -0.403 e. The van der Waals surface area contributed by atoms with Crippen molar-refractivity contribution in [3.63, 3.8) is 0 Å². The summed E-state index contributed by atoms with van der Waals surface area (Å²) in [6, 6.07) is 16.7. The van der Waals surface area contributed by atoms with Gasteiger partial charge in [0.15, 0.2) is 17.3 Å². The lowest BCUT2D eigenvalue weighted by molar-refractivity contribution is -0.275. The van der Waals surface area contributed by atoms with Crippen LogP contribution in [0.5, 0.6) is 5.75 Å². The van der Waals surface area contributed by atoms with Gasteiger partial charge in [-0.15, -0.1) is 13.2 Å². The van der Waals surface area contributed by atoms with Crippen molar-refractivity contribution >= 4 is 5.69 Å². The van der Waals surface area contributed by atoms with E-state index in [0.717, 1.165) is 34.4 Å². The van der Waals surface area contributed by atoms with E-state index < -0.39 is 23.7 Å². The Hall–Kier alpha value is -4.69. The number of hydrogen-bond acceptors (Lipinski definition) is 2. The molecule has 0 atom stereocenters. The van der Waals surface area contributed by atoms with E-state index in [0.29, 0.717) is 34.4 Å². The SMILES string of the molecule is [C-]#[N+]c1cc2c(cc1-c1ccc(C)c(F)c1)-c1cc(-c3ccc(OC(F)(F)F)c(F)c3)c(C#N)cc1C2. The average molecular weight is 502 g/mol. The van der Waals surface area contributed by atoms with Crippen molar-refractivity contribution in [2.75, 3.05) is 0 Å². The molecule has 0 unspecified atom stereocenters. The minimum absolute atomic E-state index is 0.207. The van der Waals surface area contributed by atoms with Crippen LogP contribution < -0.4 is 4.74 Å². The first-order valence-electron chi connectivity index (χ1n) is 11.0. The molecule has 0 N–H and O–H groups in total. The molecule has 0 spiro atoms. The van der Waals surface area contributed by atoms with Crippen LogP contribution in [0.25, 0.3) is 38.2 Å². The third-order valence-electron chi connectivity index (χ3n) is 6.33. The van der Waals surface area contributed by atoms with E-state index >= 15 is 0 Å². The quantitative estimate of drug-likeness (QED) is 0.183. The summed E-state index contributed by atoms with van der Waals surface area (Å²) in [5, 5.41) is 9.74. The largest absolute Gasteiger partial charge is 0.573 e. The highest BCUT2D eigenvalue weighted by atomic mass is 19.4. The van der Waals surface area contributed by atoms with Crippen molar-refractivity contribution in [2.45, 2.75) is 19.7 Å². The Kier molecular flexibility index (Phi) is 5.69. The highest BCUT2D eigenvalue weighted by Crippen LogP contribution is 2.45. The first-order chi connectivity index (χ1) is 17.6. The summed E-state index contributed by atoms with van der Waals surface area (Å²) in [6.07, 6.45) is -4.59. The maximum atomic E-state index is 14.4. The molecule has 182 valence electrons. The number of nitriles is 1. The van der Waals surface area contributed by atoms with Crippen molar-refractivity contribution in [1.82, 2.24) is 0 Å². The molecule has 8 heteroatoms. The fourth-order valence-corrected chi connectivity index (χ4v) is 4.57. The van der Waals surface area contributed by atoms with E-state index in [9.17, 15) is 27.2 Å². The first-order valence-corrected chi connectivity index (χ1v) is 11.0. The summed E-state index contributed by atoms with van der Waals surface area (Å²) in [5.41, 5.74) is 5.88. The van der Waals surface area contributed by atoms with E-state index in [1.807, 2.05) is 0 Å². The van der Waals surface area contributed by atoms with Crippen LogP contribution >= 0.6 is 0 Å². The molecule has 0 aliphatic heterocycles. The van der Waals surface area contributed by atoms with Gasteiger partial charge in [-0.05, 0) is 88.2 Å². The van der Waals surface area contributed by atoms with Gasteiger partial charge in [-0.3, -0.25) is 0 Å². The number of rotatable bonds is 3. The van der Waals surface area contributed by atoms with Gasteiger partial charge in [0.05, 0.1) is 18.2 Å². The first kappa shape index (κ1) is 24.0. The maximum Gasteiger partial charge on any atom is 0.573 e. The molecule has 1 aliphatic carbocycles. The fraction of sp³-hybridized carbons (Fsp3) is 0.103. The smallest absolute Gasteiger partial charge is 0.403 e. The molecule has 0 aromatic heterocycles. The second-order valence-corrected chi connectivity index (χ2v) is 8.64. The normalized spacial score (nSPS) is 11.9. The molecule has 0 bridgehead atoms. The van der Waals surface area contributed by atoms with Crippen LogP contribution in [0, 0.1) is 36.5 Å². The fourth-order valence-electron chi connectivity index (χ4n) is 4.57. The van der Waals surface area contributed by atoms with Gasteiger partial charge in [0, 0.05) is 5.56 Å². The second-order valence-electron chi connectivity index (χ2n) is 8.64. The van der Waals surface area contributed by atoms with Crippen LogP contribution in [0.2, 0.25) is 0 Å². The van der Waals surface area contributed by atoms with Crippen molar-refractivity contribution in [1.29, 1.82) is 5.26 Å². The van der Waals surface area contributed by atoms with Gasteiger partial charge >= 0.3 is 6.36 Å². The number of ether oxygens (including phenoxy) is 1. The number of nitrogens with zero attached hydrogens (tertiary/aromatic N) is 2. The van der Waals surface area contributed by atoms with Gasteiger partial charge in [-0.2, -0.15) is 5.26 Å². The molecule has 0 saturated heterocycles. The summed E-state index contributed by atoms with van der Waals surface area (Å²) in [4.78, 5) is 3.62. The van der Waals surface area contributed by atoms with Gasteiger partial charge in [0.1, 0.15) is 5.82 Å². The molecule has 0 amide bonds. The highest BCUT2D eigenvalue weighted by Gasteiger charge is 2.32. The van der Waals surface area contributed by atoms with Gasteiger partial charge in [0.25, 0.3) is 0 Å². The Morgan fingerprint density at radius 1 is 0.838 bits per heavy atom. The molecule has 0 radical (unpaired) electrons. The summed E-state index contributed by atoms with van der Waals surface area (Å²) in [7, 11) is 0. The molecular formula is C29H15F5N2O. The van der Waals surface area contributed by atoms with Crippen molar-refractivity contribution < 1.29 is 26.7 Å². The number of aryl methyl sites for hydroxylation is 1. The van der Waals surface area contributed by atoms with Gasteiger partial charge < -0.3 is 4.74 Å². The van der Waals surface area contributed by atoms with Crippen LogP contribution in [0.4, 0.5) is 27.6 Å². The number of fused-ring (bicyclic) bond motifs is 3. The maximum absolute atomic E-state index is 14.4. The number of hydrogen-bond donors (Lipinski definition) is 0. The minimum atomic E-state index is -5.04. The third kappa shape index (κ3) is 4.39. The van der Waals surface area contributed by atoms with E-state index in [-0.39, 0.29) is 11.1 Å². The van der Waals surface area contributed by atoms with E-state index in [4.69, 9.17) is 6.57 Å². The third-order valence-corrected chi connectivity index (χ3v) is 6.33. The predicted octanol–water partition coefficient (Wildman–Crippen LogP) is 8.50. The molecule has 37 heavy (non-hydrogen) atoms. The highest BCUT2D eigenvalue weighted by molar-refractivity contribution is 5.91. The van der Waals surface area contributed by atoms with Crippen molar-refractivity contribution in [2.24, 2.45) is 0 Å². The van der Waals surface area contributed by atoms with Crippen LogP contribution in [0.3, 0.4) is 0 Å². The lowest BCUT2D eigenvalue weighted by atomic mass is 9.92. The Morgan fingerprint density at radius 3 is 2.08 bits per heavy atom. The number of alkyl halides is 3. The molecule has 4 aromatic carbocycles. The van der Waals surface area contributed by atoms with Gasteiger partial charge in [0.2, 0.25) is 0 Å². The van der Waals surface area contributed by atoms with Gasteiger partial charge in [-0.25, -0.2) is 13.6 Å². The Labute approximate surface area is 208 Å². The Bertz CT molecular complexity index is 1680. The predicted molar refractivity (Wildman–Crippen MR) is 128 cm³/mol. The summed E-state index contributed by atoms with van der Waals surface area (Å²) < 4.78 is 70.0. The molecule has 1 aliphatic rings. The molecule has 4 aromatic rings. The molecular weight excluding hydrogens is 487 g/mol. The molecule has 3 nitrogen and oxygen atoms in total. The van der Waals surface area contributed by atoms with E-state index in [1.54, 1.807) is 43.3 Å². The Morgan fingerprint density at radius 2 is 1.46 bits per heavy atom. The summed E-state index contributed by atoms with van der Waals surface area (Å²) >= 11 is 0. The summed E-state index contributed by atoms with van der Waals surface area (Å²) in [5.74, 6) is -2.58. The lowest BCUT2D eigenvalue weighted by Crippen LogP contribution is -2.17. The molecule has 0 heterocycles. The molecule has 0 saturated carbocycles. The standard InChI is InChI=1S/C29H15F5N2O/c1-15-3-4-17(9-25(15)30)24-13-23-19(11-27(24)36-2)7-18-8-20(14-35)21(12-22(18)23)16-5-6-28(26(31)10-16)37-29(32,33)34/h3-6,8-13H,7H2,1H3. The molecule has 0 fully saturated rings. The zero-order valence-electron chi connectivity index (χ0n) is 19.2. The molecule has 5 rings (SSSR count). The topological polar surface area (TPSA) is 37.4 Å².